The molecule has 84 valence electrons. The summed E-state index contributed by atoms with van der Waals surface area (Å²) in [6, 6.07) is 2.05. The molecule has 1 aromatic rings. The van der Waals surface area contributed by atoms with Gasteiger partial charge >= 0.3 is 0 Å². The first kappa shape index (κ1) is 12.0. The van der Waals surface area contributed by atoms with Crippen molar-refractivity contribution in [3.63, 3.8) is 0 Å². The van der Waals surface area contributed by atoms with E-state index in [0.717, 1.165) is 25.3 Å². The summed E-state index contributed by atoms with van der Waals surface area (Å²) in [7, 11) is 1.67. The van der Waals surface area contributed by atoms with Crippen LogP contribution in [-0.4, -0.2) is 25.2 Å². The monoisotopic (exact) mass is 208 g/mol. The Morgan fingerprint density at radius 1 is 1.47 bits per heavy atom. The molecular formula is C12H20N2O. The van der Waals surface area contributed by atoms with Crippen molar-refractivity contribution < 1.29 is 4.74 Å². The van der Waals surface area contributed by atoms with Crippen molar-refractivity contribution in [3.8, 4) is 5.75 Å². The van der Waals surface area contributed by atoms with Crippen LogP contribution in [0.25, 0.3) is 0 Å². The van der Waals surface area contributed by atoms with Gasteiger partial charge in [-0.25, -0.2) is 0 Å². The molecular weight excluding hydrogens is 188 g/mol. The topological polar surface area (TPSA) is 34.2 Å². The van der Waals surface area contributed by atoms with Gasteiger partial charge in [-0.05, 0) is 37.1 Å². The normalized spacial score (nSPS) is 12.5. The quantitative estimate of drug-likeness (QED) is 0.775. The molecule has 3 nitrogen and oxygen atoms in total. The maximum Gasteiger partial charge on any atom is 0.137 e. The van der Waals surface area contributed by atoms with Crippen LogP contribution in [0.4, 0.5) is 0 Å². The van der Waals surface area contributed by atoms with Gasteiger partial charge in [-0.1, -0.05) is 13.8 Å². The van der Waals surface area contributed by atoms with Crippen molar-refractivity contribution in [2.24, 2.45) is 5.92 Å². The first-order valence-electron chi connectivity index (χ1n) is 5.45. The maximum absolute atomic E-state index is 5.14. The smallest absolute Gasteiger partial charge is 0.137 e. The van der Waals surface area contributed by atoms with Crippen LogP contribution in [0.5, 0.6) is 5.75 Å². The lowest BCUT2D eigenvalue weighted by atomic mass is 10.0. The van der Waals surface area contributed by atoms with Crippen LogP contribution in [0.3, 0.4) is 0 Å². The highest BCUT2D eigenvalue weighted by molar-refractivity contribution is 5.23. The van der Waals surface area contributed by atoms with Crippen molar-refractivity contribution in [1.82, 2.24) is 10.3 Å². The van der Waals surface area contributed by atoms with Crippen molar-refractivity contribution in [2.45, 2.75) is 20.3 Å². The third-order valence-corrected chi connectivity index (χ3v) is 2.33. The van der Waals surface area contributed by atoms with E-state index >= 15 is 0 Å². The fourth-order valence-corrected chi connectivity index (χ4v) is 1.55. The number of hydrogen-bond donors (Lipinski definition) is 1. The van der Waals surface area contributed by atoms with Crippen molar-refractivity contribution in [1.29, 1.82) is 0 Å². The molecule has 0 aliphatic heterocycles. The Kier molecular flexibility index (Phi) is 5.12. The summed E-state index contributed by atoms with van der Waals surface area (Å²) >= 11 is 0. The number of nitrogens with zero attached hydrogens (tertiary/aromatic N) is 1. The molecule has 1 atom stereocenters. The first-order chi connectivity index (χ1) is 7.26. The first-order valence-corrected chi connectivity index (χ1v) is 5.45. The van der Waals surface area contributed by atoms with Crippen LogP contribution in [0.2, 0.25) is 0 Å². The Hall–Kier alpha value is -1.09. The predicted octanol–water partition coefficient (Wildman–Crippen LogP) is 1.88. The third-order valence-electron chi connectivity index (χ3n) is 2.33. The largest absolute Gasteiger partial charge is 0.495 e. The average Bonchev–Trinajstić information content (AvgIpc) is 2.26. The molecule has 0 spiro atoms. The van der Waals surface area contributed by atoms with Gasteiger partial charge in [0.2, 0.25) is 0 Å². The van der Waals surface area contributed by atoms with Gasteiger partial charge in [0, 0.05) is 6.20 Å². The van der Waals surface area contributed by atoms with E-state index in [4.69, 9.17) is 4.74 Å². The summed E-state index contributed by atoms with van der Waals surface area (Å²) in [5.41, 5.74) is 1.24. The Labute approximate surface area is 91.9 Å². The zero-order valence-electron chi connectivity index (χ0n) is 9.79. The lowest BCUT2D eigenvalue weighted by Gasteiger charge is -2.11. The van der Waals surface area contributed by atoms with Gasteiger partial charge in [0.25, 0.3) is 0 Å². The van der Waals surface area contributed by atoms with Gasteiger partial charge in [0.15, 0.2) is 0 Å². The molecule has 3 heteroatoms. The van der Waals surface area contributed by atoms with E-state index < -0.39 is 0 Å². The summed E-state index contributed by atoms with van der Waals surface area (Å²) in [5, 5.41) is 3.35. The van der Waals surface area contributed by atoms with E-state index in [1.165, 1.54) is 5.56 Å². The highest BCUT2D eigenvalue weighted by Crippen LogP contribution is 2.13. The highest BCUT2D eigenvalue weighted by Gasteiger charge is 2.04. The second-order valence-electron chi connectivity index (χ2n) is 3.85. The molecule has 15 heavy (non-hydrogen) atoms. The highest BCUT2D eigenvalue weighted by atomic mass is 16.5. The summed E-state index contributed by atoms with van der Waals surface area (Å²) < 4.78 is 5.14. The number of ether oxygens (including phenoxy) is 1. The van der Waals surface area contributed by atoms with Gasteiger partial charge in [0.05, 0.1) is 13.3 Å². The summed E-state index contributed by atoms with van der Waals surface area (Å²) in [4.78, 5) is 4.14. The minimum absolute atomic E-state index is 0.624. The van der Waals surface area contributed by atoms with E-state index in [-0.39, 0.29) is 0 Å². The Bertz CT molecular complexity index is 289. The number of pyridine rings is 1. The lowest BCUT2D eigenvalue weighted by Crippen LogP contribution is -2.21. The van der Waals surface area contributed by atoms with Gasteiger partial charge in [-0.15, -0.1) is 0 Å². The molecule has 1 aromatic heterocycles. The van der Waals surface area contributed by atoms with Gasteiger partial charge in [-0.2, -0.15) is 0 Å². The van der Waals surface area contributed by atoms with Crippen LogP contribution in [0, 0.1) is 5.92 Å². The molecule has 0 aliphatic carbocycles. The Balaban J connectivity index is 2.48. The molecule has 0 fully saturated rings. The fourth-order valence-electron chi connectivity index (χ4n) is 1.55. The standard InChI is InChI=1S/C12H20N2O/c1-4-13-7-10(2)5-11-6-12(15-3)9-14-8-11/h6,8-10,13H,4-5,7H2,1-3H3. The van der Waals surface area contributed by atoms with E-state index in [1.807, 2.05) is 6.20 Å². The Morgan fingerprint density at radius 3 is 2.93 bits per heavy atom. The molecule has 0 amide bonds. The number of aromatic nitrogens is 1. The van der Waals surface area contributed by atoms with Crippen molar-refractivity contribution in [2.75, 3.05) is 20.2 Å². The van der Waals surface area contributed by atoms with Crippen molar-refractivity contribution in [3.05, 3.63) is 24.0 Å². The molecule has 0 aliphatic rings. The lowest BCUT2D eigenvalue weighted by molar-refractivity contribution is 0.411. The molecule has 0 saturated heterocycles. The van der Waals surface area contributed by atoms with E-state index in [9.17, 15) is 0 Å². The van der Waals surface area contributed by atoms with Gasteiger partial charge in [-0.3, -0.25) is 4.98 Å². The van der Waals surface area contributed by atoms with Crippen LogP contribution >= 0.6 is 0 Å². The number of rotatable bonds is 6. The average molecular weight is 208 g/mol. The minimum atomic E-state index is 0.624. The summed E-state index contributed by atoms with van der Waals surface area (Å²) in [6.45, 7) is 6.44. The fraction of sp³-hybridized carbons (Fsp3) is 0.583. The van der Waals surface area contributed by atoms with Crippen molar-refractivity contribution >= 4 is 0 Å². The molecule has 1 N–H and O–H groups in total. The van der Waals surface area contributed by atoms with Crippen LogP contribution in [-0.2, 0) is 6.42 Å². The SMILES string of the molecule is CCNCC(C)Cc1cncc(OC)c1. The summed E-state index contributed by atoms with van der Waals surface area (Å²) in [5.74, 6) is 1.46. The van der Waals surface area contributed by atoms with E-state index in [2.05, 4.69) is 30.2 Å². The number of methoxy groups -OCH3 is 1. The van der Waals surface area contributed by atoms with E-state index in [0.29, 0.717) is 5.92 Å². The number of nitrogens with one attached hydrogen (secondary N) is 1. The molecule has 0 radical (unpaired) electrons. The zero-order chi connectivity index (χ0) is 11.1. The molecule has 1 heterocycles. The third kappa shape index (κ3) is 4.30. The Morgan fingerprint density at radius 2 is 2.27 bits per heavy atom. The molecule has 0 saturated carbocycles. The van der Waals surface area contributed by atoms with Gasteiger partial charge < -0.3 is 10.1 Å². The van der Waals surface area contributed by atoms with E-state index in [1.54, 1.807) is 13.3 Å². The molecule has 1 rings (SSSR count). The van der Waals surface area contributed by atoms with Gasteiger partial charge in [0.1, 0.15) is 5.75 Å². The molecule has 0 aromatic carbocycles. The summed E-state index contributed by atoms with van der Waals surface area (Å²) in [6.07, 6.45) is 4.68. The second-order valence-corrected chi connectivity index (χ2v) is 3.85. The number of hydrogen-bond acceptors (Lipinski definition) is 3. The minimum Gasteiger partial charge on any atom is -0.495 e. The molecule has 0 bridgehead atoms. The molecule has 1 unspecified atom stereocenters. The van der Waals surface area contributed by atoms with Crippen LogP contribution in [0.1, 0.15) is 19.4 Å². The van der Waals surface area contributed by atoms with Crippen LogP contribution < -0.4 is 10.1 Å². The maximum atomic E-state index is 5.14. The predicted molar refractivity (Wildman–Crippen MR) is 62.2 cm³/mol. The zero-order valence-corrected chi connectivity index (χ0v) is 9.79. The van der Waals surface area contributed by atoms with Crippen LogP contribution in [0.15, 0.2) is 18.5 Å². The second kappa shape index (κ2) is 6.40.